The van der Waals surface area contributed by atoms with Gasteiger partial charge in [-0.2, -0.15) is 0 Å². The number of methoxy groups -OCH3 is 1. The number of nitrogens with two attached hydrogens (primary N) is 1. The third kappa shape index (κ3) is 3.14. The summed E-state index contributed by atoms with van der Waals surface area (Å²) in [6.07, 6.45) is 2.89. The first-order valence-electron chi connectivity index (χ1n) is 8.14. The van der Waals surface area contributed by atoms with Gasteiger partial charge in [0, 0.05) is 5.56 Å². The van der Waals surface area contributed by atoms with Gasteiger partial charge in [-0.25, -0.2) is 14.6 Å². The van der Waals surface area contributed by atoms with E-state index in [-0.39, 0.29) is 29.1 Å². The Labute approximate surface area is 154 Å². The van der Waals surface area contributed by atoms with Gasteiger partial charge in [-0.3, -0.25) is 4.79 Å². The number of pyridine rings is 1. The first kappa shape index (κ1) is 18.2. The second-order valence-electron chi connectivity index (χ2n) is 5.80. The minimum absolute atomic E-state index is 0.119. The number of rotatable bonds is 4. The van der Waals surface area contributed by atoms with E-state index in [9.17, 15) is 14.4 Å². The Morgan fingerprint density at radius 2 is 2.07 bits per heavy atom. The predicted molar refractivity (Wildman–Crippen MR) is 98.0 cm³/mol. The maximum atomic E-state index is 12.3. The van der Waals surface area contributed by atoms with Crippen LogP contribution in [0.5, 0.6) is 0 Å². The average Bonchev–Trinajstić information content (AvgIpc) is 3.12. The number of ether oxygens (including phenoxy) is 2. The van der Waals surface area contributed by atoms with E-state index in [0.29, 0.717) is 22.6 Å². The summed E-state index contributed by atoms with van der Waals surface area (Å²) in [5, 5.41) is 2.63. The quantitative estimate of drug-likeness (QED) is 0.551. The van der Waals surface area contributed by atoms with Crippen LogP contribution in [0.3, 0.4) is 0 Å². The lowest BCUT2D eigenvalue weighted by atomic mass is 10.0. The first-order valence-corrected chi connectivity index (χ1v) is 8.14. The Morgan fingerprint density at radius 1 is 1.33 bits per heavy atom. The smallest absolute Gasteiger partial charge is 0.355 e. The van der Waals surface area contributed by atoms with E-state index in [1.165, 1.54) is 19.4 Å². The van der Waals surface area contributed by atoms with Crippen LogP contribution in [0.2, 0.25) is 0 Å². The Bertz CT molecular complexity index is 990. The average molecular weight is 370 g/mol. The van der Waals surface area contributed by atoms with E-state index in [4.69, 9.17) is 15.2 Å². The van der Waals surface area contributed by atoms with Crippen molar-refractivity contribution in [3.05, 3.63) is 40.3 Å². The molecule has 2 aromatic heterocycles. The third-order valence-corrected chi connectivity index (χ3v) is 4.11. The number of nitrogens with one attached hydrogen (secondary N) is 2. The molecule has 1 aliphatic rings. The van der Waals surface area contributed by atoms with Crippen molar-refractivity contribution in [2.24, 2.45) is 0 Å². The normalized spacial score (nSPS) is 14.0. The molecule has 27 heavy (non-hydrogen) atoms. The number of aromatic amines is 1. The number of esters is 2. The van der Waals surface area contributed by atoms with Gasteiger partial charge in [-0.05, 0) is 31.6 Å². The SMILES string of the molecule is CCOC(=O)c1[nH]c(C=C2C(=O)Nc3ncc(N)cc32)c(C(=O)OC)c1C. The molecule has 2 aromatic rings. The molecule has 9 nitrogen and oxygen atoms in total. The van der Waals surface area contributed by atoms with E-state index in [1.807, 2.05) is 0 Å². The largest absolute Gasteiger partial charge is 0.465 e. The fourth-order valence-electron chi connectivity index (χ4n) is 2.87. The molecule has 1 amide bonds. The van der Waals surface area contributed by atoms with Crippen LogP contribution in [0.1, 0.15) is 44.6 Å². The first-order chi connectivity index (χ1) is 12.9. The van der Waals surface area contributed by atoms with Crippen molar-refractivity contribution >= 4 is 41.0 Å². The summed E-state index contributed by atoms with van der Waals surface area (Å²) < 4.78 is 9.82. The molecule has 9 heteroatoms. The zero-order chi connectivity index (χ0) is 19.7. The molecule has 0 aliphatic carbocycles. The fraction of sp³-hybridized carbons (Fsp3) is 0.222. The van der Waals surface area contributed by atoms with Crippen molar-refractivity contribution in [2.45, 2.75) is 13.8 Å². The van der Waals surface area contributed by atoms with Crippen molar-refractivity contribution in [3.63, 3.8) is 0 Å². The molecule has 0 saturated heterocycles. The summed E-state index contributed by atoms with van der Waals surface area (Å²) in [7, 11) is 1.23. The van der Waals surface area contributed by atoms with E-state index in [2.05, 4.69) is 15.3 Å². The number of carbonyl (C=O) groups is 3. The molecular formula is C18H18N4O5. The highest BCUT2D eigenvalue weighted by molar-refractivity contribution is 6.34. The maximum absolute atomic E-state index is 12.3. The number of aromatic nitrogens is 2. The number of nitrogen functional groups attached to an aromatic ring is 1. The molecule has 1 aliphatic heterocycles. The Hall–Kier alpha value is -3.62. The Morgan fingerprint density at radius 3 is 2.74 bits per heavy atom. The van der Waals surface area contributed by atoms with Crippen LogP contribution in [0, 0.1) is 6.92 Å². The number of H-pyrrole nitrogens is 1. The van der Waals surface area contributed by atoms with Crippen LogP contribution in [0.25, 0.3) is 11.6 Å². The van der Waals surface area contributed by atoms with Crippen molar-refractivity contribution in [1.82, 2.24) is 9.97 Å². The molecule has 0 fully saturated rings. The highest BCUT2D eigenvalue weighted by Crippen LogP contribution is 2.34. The van der Waals surface area contributed by atoms with Gasteiger partial charge >= 0.3 is 11.9 Å². The predicted octanol–water partition coefficient (Wildman–Crippen LogP) is 1.76. The van der Waals surface area contributed by atoms with Crippen LogP contribution in [0.4, 0.5) is 11.5 Å². The molecule has 0 radical (unpaired) electrons. The van der Waals surface area contributed by atoms with E-state index < -0.39 is 17.8 Å². The van der Waals surface area contributed by atoms with Gasteiger partial charge in [-0.1, -0.05) is 0 Å². The van der Waals surface area contributed by atoms with Crippen LogP contribution < -0.4 is 11.1 Å². The van der Waals surface area contributed by atoms with E-state index >= 15 is 0 Å². The van der Waals surface area contributed by atoms with Crippen molar-refractivity contribution < 1.29 is 23.9 Å². The standard InChI is InChI=1S/C18H18N4O5/c1-4-27-18(25)14-8(2)13(17(24)26-3)12(21-14)6-11-10-5-9(19)7-20-15(10)22-16(11)23/h5-7,21H,4,19H2,1-3H3,(H,20,22,23). The minimum Gasteiger partial charge on any atom is -0.465 e. The van der Waals surface area contributed by atoms with Crippen LogP contribution in [-0.2, 0) is 14.3 Å². The molecule has 4 N–H and O–H groups in total. The number of fused-ring (bicyclic) bond motifs is 1. The number of anilines is 2. The third-order valence-electron chi connectivity index (χ3n) is 4.11. The second kappa shape index (κ2) is 6.94. The maximum Gasteiger partial charge on any atom is 0.355 e. The summed E-state index contributed by atoms with van der Waals surface area (Å²) in [5.41, 5.74) is 7.79. The Kier molecular flexibility index (Phi) is 4.68. The number of hydrogen-bond donors (Lipinski definition) is 3. The summed E-state index contributed by atoms with van der Waals surface area (Å²) >= 11 is 0. The molecule has 3 rings (SSSR count). The van der Waals surface area contributed by atoms with E-state index in [0.717, 1.165) is 0 Å². The van der Waals surface area contributed by atoms with Gasteiger partial charge in [0.1, 0.15) is 11.5 Å². The van der Waals surface area contributed by atoms with Gasteiger partial charge in [0.25, 0.3) is 5.91 Å². The molecule has 0 saturated carbocycles. The summed E-state index contributed by atoms with van der Waals surface area (Å²) in [6, 6.07) is 1.60. The minimum atomic E-state index is -0.643. The zero-order valence-corrected chi connectivity index (χ0v) is 15.0. The number of hydrogen-bond acceptors (Lipinski definition) is 7. The molecule has 0 atom stereocenters. The van der Waals surface area contributed by atoms with Gasteiger partial charge in [-0.15, -0.1) is 0 Å². The lowest BCUT2D eigenvalue weighted by Gasteiger charge is -2.02. The number of carbonyl (C=O) groups excluding carboxylic acids is 3. The second-order valence-corrected chi connectivity index (χ2v) is 5.80. The molecule has 0 spiro atoms. The molecule has 140 valence electrons. The van der Waals surface area contributed by atoms with E-state index in [1.54, 1.807) is 19.9 Å². The lowest BCUT2D eigenvalue weighted by Crippen LogP contribution is -2.08. The van der Waals surface area contributed by atoms with Crippen molar-refractivity contribution in [2.75, 3.05) is 24.8 Å². The highest BCUT2D eigenvalue weighted by atomic mass is 16.5. The lowest BCUT2D eigenvalue weighted by molar-refractivity contribution is -0.110. The van der Waals surface area contributed by atoms with Crippen molar-refractivity contribution in [3.8, 4) is 0 Å². The zero-order valence-electron chi connectivity index (χ0n) is 15.0. The van der Waals surface area contributed by atoms with Crippen LogP contribution >= 0.6 is 0 Å². The molecule has 3 heterocycles. The van der Waals surface area contributed by atoms with Crippen LogP contribution in [-0.4, -0.2) is 41.5 Å². The summed E-state index contributed by atoms with van der Waals surface area (Å²) in [6.45, 7) is 3.46. The molecule has 0 bridgehead atoms. The number of amides is 1. The van der Waals surface area contributed by atoms with Gasteiger partial charge in [0.05, 0.1) is 42.4 Å². The molecular weight excluding hydrogens is 352 g/mol. The van der Waals surface area contributed by atoms with Crippen molar-refractivity contribution in [1.29, 1.82) is 0 Å². The Balaban J connectivity index is 2.17. The topological polar surface area (TPSA) is 136 Å². The van der Waals surface area contributed by atoms with Gasteiger partial charge < -0.3 is 25.5 Å². The monoisotopic (exact) mass is 370 g/mol. The van der Waals surface area contributed by atoms with Crippen LogP contribution in [0.15, 0.2) is 12.3 Å². The summed E-state index contributed by atoms with van der Waals surface area (Å²) in [4.78, 5) is 43.7. The fourth-order valence-corrected chi connectivity index (χ4v) is 2.87. The van der Waals surface area contributed by atoms with Gasteiger partial charge in [0.15, 0.2) is 0 Å². The molecule has 0 unspecified atom stereocenters. The number of nitrogens with zero attached hydrogens (tertiary/aromatic N) is 1. The van der Waals surface area contributed by atoms with Gasteiger partial charge in [0.2, 0.25) is 0 Å². The summed E-state index contributed by atoms with van der Waals surface area (Å²) in [5.74, 6) is -1.28. The highest BCUT2D eigenvalue weighted by Gasteiger charge is 2.29. The molecule has 0 aromatic carbocycles.